The number of fused-ring (bicyclic) bond motifs is 5. The Balaban J connectivity index is 1.34. The number of ketones is 1. The van der Waals surface area contributed by atoms with Crippen molar-refractivity contribution >= 4 is 35.2 Å². The first-order chi connectivity index (χ1) is 14.3. The molecule has 1 aliphatic heterocycles. The quantitative estimate of drug-likeness (QED) is 0.330. The lowest BCUT2D eigenvalue weighted by Gasteiger charge is -2.23. The molecule has 8 nitrogen and oxygen atoms in total. The van der Waals surface area contributed by atoms with Crippen molar-refractivity contribution in [3.05, 3.63) is 42.0 Å². The van der Waals surface area contributed by atoms with Crippen LogP contribution >= 0.6 is 0 Å². The molecule has 3 amide bonds. The molecule has 4 rings (SSSR count). The van der Waals surface area contributed by atoms with Crippen molar-refractivity contribution in [2.45, 2.75) is 26.3 Å². The fourth-order valence-corrected chi connectivity index (χ4v) is 4.68. The molecule has 2 bridgehead atoms. The van der Waals surface area contributed by atoms with Gasteiger partial charge in [0.1, 0.15) is 6.04 Å². The fourth-order valence-electron chi connectivity index (χ4n) is 4.68. The first kappa shape index (κ1) is 20.0. The molecule has 8 heteroatoms. The van der Waals surface area contributed by atoms with Crippen LogP contribution in [0.2, 0.25) is 0 Å². The smallest absolute Gasteiger partial charge is 0.329 e. The molecule has 1 saturated carbocycles. The van der Waals surface area contributed by atoms with Crippen LogP contribution in [0.15, 0.2) is 36.4 Å². The van der Waals surface area contributed by atoms with Crippen molar-refractivity contribution in [3.8, 4) is 0 Å². The summed E-state index contributed by atoms with van der Waals surface area (Å²) in [5, 5.41) is 2.55. The van der Waals surface area contributed by atoms with Crippen LogP contribution in [0.4, 0.5) is 5.69 Å². The third kappa shape index (κ3) is 3.32. The van der Waals surface area contributed by atoms with Gasteiger partial charge in [0.05, 0.1) is 11.8 Å². The molecule has 1 heterocycles. The van der Waals surface area contributed by atoms with E-state index in [1.165, 1.54) is 19.9 Å². The molecule has 0 aromatic heterocycles. The molecule has 0 spiro atoms. The van der Waals surface area contributed by atoms with Gasteiger partial charge in [-0.15, -0.1) is 0 Å². The van der Waals surface area contributed by atoms with E-state index in [0.29, 0.717) is 11.3 Å². The number of anilines is 1. The van der Waals surface area contributed by atoms with Gasteiger partial charge in [0.15, 0.2) is 12.4 Å². The molecule has 0 unspecified atom stereocenters. The van der Waals surface area contributed by atoms with E-state index in [1.807, 2.05) is 12.2 Å². The zero-order valence-electron chi connectivity index (χ0n) is 16.7. The average Bonchev–Trinajstić information content (AvgIpc) is 3.39. The summed E-state index contributed by atoms with van der Waals surface area (Å²) in [6, 6.07) is 5.29. The van der Waals surface area contributed by atoms with E-state index >= 15 is 0 Å². The number of imide groups is 1. The van der Waals surface area contributed by atoms with E-state index in [4.69, 9.17) is 4.74 Å². The lowest BCUT2D eigenvalue weighted by atomic mass is 9.85. The molecular formula is C22H22N2O6. The van der Waals surface area contributed by atoms with Gasteiger partial charge in [-0.3, -0.25) is 24.1 Å². The Bertz CT molecular complexity index is 954. The number of carbonyl (C=O) groups is 5. The van der Waals surface area contributed by atoms with Gasteiger partial charge in [-0.1, -0.05) is 24.3 Å². The summed E-state index contributed by atoms with van der Waals surface area (Å²) in [6.45, 7) is 2.28. The first-order valence-electron chi connectivity index (χ1n) is 9.90. The summed E-state index contributed by atoms with van der Waals surface area (Å²) in [7, 11) is 0. The molecule has 5 atom stereocenters. The number of rotatable bonds is 6. The van der Waals surface area contributed by atoms with Crippen LogP contribution in [0.5, 0.6) is 0 Å². The molecule has 1 aromatic carbocycles. The van der Waals surface area contributed by atoms with Crippen LogP contribution in [0.1, 0.15) is 30.6 Å². The number of nitrogens with zero attached hydrogens (tertiary/aromatic N) is 1. The molecule has 1 aromatic rings. The molecule has 3 aliphatic rings. The number of hydrogen-bond acceptors (Lipinski definition) is 6. The molecule has 2 aliphatic carbocycles. The van der Waals surface area contributed by atoms with Gasteiger partial charge < -0.3 is 10.1 Å². The van der Waals surface area contributed by atoms with Gasteiger partial charge in [0, 0.05) is 11.3 Å². The number of allylic oxidation sites excluding steroid dienone is 2. The maximum absolute atomic E-state index is 12.8. The second-order valence-electron chi connectivity index (χ2n) is 8.02. The first-order valence-corrected chi connectivity index (χ1v) is 9.90. The maximum atomic E-state index is 12.8. The van der Waals surface area contributed by atoms with E-state index in [1.54, 1.807) is 18.2 Å². The number of ether oxygens (including phenoxy) is 1. The molecule has 2 fully saturated rings. The number of amides is 3. The molecule has 156 valence electrons. The minimum atomic E-state index is -1.09. The Kier molecular flexibility index (Phi) is 5.01. The Labute approximate surface area is 173 Å². The zero-order valence-corrected chi connectivity index (χ0v) is 16.7. The summed E-state index contributed by atoms with van der Waals surface area (Å²) in [4.78, 5) is 62.4. The Morgan fingerprint density at radius 1 is 1.13 bits per heavy atom. The van der Waals surface area contributed by atoms with Crippen LogP contribution in [0.25, 0.3) is 0 Å². The SMILES string of the molecule is CC(=O)c1cccc(NC(=O)COC(=O)[C@H](C)N2C(=O)[C@@H]3[C@@H](C2=O)[C@H]2C=C[C@H]3C2)c1. The Morgan fingerprint density at radius 2 is 1.77 bits per heavy atom. The number of likely N-dealkylation sites (tertiary alicyclic amines) is 1. The third-order valence-corrected chi connectivity index (χ3v) is 6.13. The van der Waals surface area contributed by atoms with E-state index < -0.39 is 24.5 Å². The van der Waals surface area contributed by atoms with E-state index in [0.717, 1.165) is 11.3 Å². The summed E-state index contributed by atoms with van der Waals surface area (Å²) < 4.78 is 5.04. The fraction of sp³-hybridized carbons (Fsp3) is 0.409. The molecule has 1 saturated heterocycles. The number of hydrogen-bond donors (Lipinski definition) is 1. The van der Waals surface area contributed by atoms with Gasteiger partial charge in [0.25, 0.3) is 5.91 Å². The Hall–Kier alpha value is -3.29. The second-order valence-corrected chi connectivity index (χ2v) is 8.02. The standard InChI is InChI=1S/C22H22N2O6/c1-11(24-20(27)18-14-6-7-15(8-14)19(18)21(24)28)22(29)30-10-17(26)23-16-5-3-4-13(9-16)12(2)25/h3-7,9,11,14-15,18-19H,8,10H2,1-2H3,(H,23,26)/t11-,14-,15-,18-,19-/m0/s1. The molecule has 30 heavy (non-hydrogen) atoms. The van der Waals surface area contributed by atoms with Crippen LogP contribution in [-0.4, -0.2) is 47.0 Å². The number of nitrogens with one attached hydrogen (secondary N) is 1. The van der Waals surface area contributed by atoms with Crippen molar-refractivity contribution < 1.29 is 28.7 Å². The van der Waals surface area contributed by atoms with Crippen molar-refractivity contribution in [2.75, 3.05) is 11.9 Å². The minimum Gasteiger partial charge on any atom is -0.454 e. The predicted octanol–water partition coefficient (Wildman–Crippen LogP) is 1.57. The van der Waals surface area contributed by atoms with Gasteiger partial charge in [0.2, 0.25) is 11.8 Å². The van der Waals surface area contributed by atoms with Gasteiger partial charge in [-0.25, -0.2) is 4.79 Å². The molecule has 0 radical (unpaired) electrons. The van der Waals surface area contributed by atoms with Crippen molar-refractivity contribution in [2.24, 2.45) is 23.7 Å². The normalized spacial score (nSPS) is 27.2. The van der Waals surface area contributed by atoms with Crippen molar-refractivity contribution in [1.82, 2.24) is 4.90 Å². The lowest BCUT2D eigenvalue weighted by molar-refractivity contribution is -0.159. The minimum absolute atomic E-state index is 0.0567. The predicted molar refractivity (Wildman–Crippen MR) is 105 cm³/mol. The van der Waals surface area contributed by atoms with Crippen LogP contribution in [-0.2, 0) is 23.9 Å². The highest BCUT2D eigenvalue weighted by atomic mass is 16.5. The number of Topliss-reactive ketones (excluding diaryl/α,β-unsaturated/α-hetero) is 1. The number of esters is 1. The van der Waals surface area contributed by atoms with Gasteiger partial charge >= 0.3 is 5.97 Å². The largest absolute Gasteiger partial charge is 0.454 e. The molecular weight excluding hydrogens is 388 g/mol. The summed E-state index contributed by atoms with van der Waals surface area (Å²) in [6.07, 6.45) is 4.77. The summed E-state index contributed by atoms with van der Waals surface area (Å²) >= 11 is 0. The summed E-state index contributed by atoms with van der Waals surface area (Å²) in [5.74, 6) is -2.88. The number of benzene rings is 1. The molecule has 1 N–H and O–H groups in total. The average molecular weight is 410 g/mol. The highest BCUT2D eigenvalue weighted by Crippen LogP contribution is 2.52. The highest BCUT2D eigenvalue weighted by molar-refractivity contribution is 6.09. The van der Waals surface area contributed by atoms with Gasteiger partial charge in [-0.2, -0.15) is 0 Å². The third-order valence-electron chi connectivity index (χ3n) is 6.13. The van der Waals surface area contributed by atoms with Crippen molar-refractivity contribution in [1.29, 1.82) is 0 Å². The van der Waals surface area contributed by atoms with E-state index in [-0.39, 0.29) is 41.3 Å². The zero-order chi connectivity index (χ0) is 21.6. The van der Waals surface area contributed by atoms with Crippen molar-refractivity contribution in [3.63, 3.8) is 0 Å². The van der Waals surface area contributed by atoms with Crippen LogP contribution in [0.3, 0.4) is 0 Å². The second kappa shape index (κ2) is 7.51. The Morgan fingerprint density at radius 3 is 2.37 bits per heavy atom. The van der Waals surface area contributed by atoms with Gasteiger partial charge in [-0.05, 0) is 44.2 Å². The maximum Gasteiger partial charge on any atom is 0.329 e. The van der Waals surface area contributed by atoms with Crippen LogP contribution < -0.4 is 5.32 Å². The topological polar surface area (TPSA) is 110 Å². The monoisotopic (exact) mass is 410 g/mol. The van der Waals surface area contributed by atoms with E-state index in [2.05, 4.69) is 5.32 Å². The van der Waals surface area contributed by atoms with E-state index in [9.17, 15) is 24.0 Å². The summed E-state index contributed by atoms with van der Waals surface area (Å²) in [5.41, 5.74) is 0.843. The lowest BCUT2D eigenvalue weighted by Crippen LogP contribution is -2.45. The van der Waals surface area contributed by atoms with Crippen LogP contribution in [0, 0.1) is 23.7 Å². The highest BCUT2D eigenvalue weighted by Gasteiger charge is 2.60. The number of carbonyl (C=O) groups excluding carboxylic acids is 5.